The largest absolute Gasteiger partial charge is 0.493 e. The number of carbonyl (C=O) groups excluding carboxylic acids is 1. The molecule has 0 atom stereocenters. The van der Waals surface area contributed by atoms with Crippen molar-refractivity contribution in [2.24, 2.45) is 5.92 Å². The molecule has 0 heterocycles. The lowest BCUT2D eigenvalue weighted by Gasteiger charge is -2.20. The van der Waals surface area contributed by atoms with Crippen molar-refractivity contribution in [2.75, 3.05) is 26.8 Å². The lowest BCUT2D eigenvalue weighted by Crippen LogP contribution is -2.35. The molecule has 0 aliphatic heterocycles. The van der Waals surface area contributed by atoms with Crippen LogP contribution in [0.3, 0.4) is 0 Å². The van der Waals surface area contributed by atoms with E-state index in [1.165, 1.54) is 24.1 Å². The van der Waals surface area contributed by atoms with Crippen LogP contribution in [-0.2, 0) is 4.79 Å². The standard InChI is InChI=1S/C16H22ClNO5/c1-5-18(8-14(19)20)16(21)11-6-12(17)15(13(7-11)22-4)23-9-10(2)3/h6-7,10H,5,8-9H2,1-4H3,(H,19,20). The Hall–Kier alpha value is -1.95. The predicted molar refractivity (Wildman–Crippen MR) is 87.6 cm³/mol. The topological polar surface area (TPSA) is 76.1 Å². The second-order valence-corrected chi connectivity index (χ2v) is 5.81. The molecule has 0 aliphatic rings. The molecule has 0 unspecified atom stereocenters. The van der Waals surface area contributed by atoms with Crippen LogP contribution in [0.15, 0.2) is 12.1 Å². The van der Waals surface area contributed by atoms with E-state index in [2.05, 4.69) is 0 Å². The molecule has 1 aromatic carbocycles. The van der Waals surface area contributed by atoms with Crippen molar-refractivity contribution in [2.45, 2.75) is 20.8 Å². The van der Waals surface area contributed by atoms with Crippen molar-refractivity contribution in [3.8, 4) is 11.5 Å². The van der Waals surface area contributed by atoms with Gasteiger partial charge in [-0.15, -0.1) is 0 Å². The fraction of sp³-hybridized carbons (Fsp3) is 0.500. The Kier molecular flexibility index (Phi) is 7.16. The van der Waals surface area contributed by atoms with Crippen LogP contribution in [0.25, 0.3) is 0 Å². The lowest BCUT2D eigenvalue weighted by atomic mass is 10.1. The first-order chi connectivity index (χ1) is 10.8. The van der Waals surface area contributed by atoms with Gasteiger partial charge in [0.25, 0.3) is 5.91 Å². The molecular formula is C16H22ClNO5. The number of likely N-dealkylation sites (N-methyl/N-ethyl adjacent to an activating group) is 1. The number of carboxylic acids is 1. The molecule has 23 heavy (non-hydrogen) atoms. The maximum Gasteiger partial charge on any atom is 0.323 e. The van der Waals surface area contributed by atoms with Crippen molar-refractivity contribution < 1.29 is 24.2 Å². The molecule has 0 aliphatic carbocycles. The van der Waals surface area contributed by atoms with E-state index in [9.17, 15) is 9.59 Å². The minimum Gasteiger partial charge on any atom is -0.493 e. The maximum absolute atomic E-state index is 12.4. The number of methoxy groups -OCH3 is 1. The Bertz CT molecular complexity index is 574. The number of aliphatic carboxylic acids is 1. The zero-order chi connectivity index (χ0) is 17.6. The van der Waals surface area contributed by atoms with Crippen LogP contribution >= 0.6 is 11.6 Å². The summed E-state index contributed by atoms with van der Waals surface area (Å²) >= 11 is 6.20. The minimum absolute atomic E-state index is 0.250. The van der Waals surface area contributed by atoms with Crippen molar-refractivity contribution in [3.05, 3.63) is 22.7 Å². The monoisotopic (exact) mass is 343 g/mol. The van der Waals surface area contributed by atoms with Gasteiger partial charge in [0.15, 0.2) is 11.5 Å². The molecule has 1 aromatic rings. The van der Waals surface area contributed by atoms with Crippen LogP contribution < -0.4 is 9.47 Å². The van der Waals surface area contributed by atoms with E-state index in [0.717, 1.165) is 0 Å². The highest BCUT2D eigenvalue weighted by molar-refractivity contribution is 6.32. The fourth-order valence-corrected chi connectivity index (χ4v) is 2.17. The highest BCUT2D eigenvalue weighted by Crippen LogP contribution is 2.37. The van der Waals surface area contributed by atoms with Gasteiger partial charge in [-0.05, 0) is 25.0 Å². The molecule has 128 valence electrons. The first kappa shape index (κ1) is 19.1. The number of hydrogen-bond acceptors (Lipinski definition) is 4. The van der Waals surface area contributed by atoms with Gasteiger partial charge in [-0.2, -0.15) is 0 Å². The van der Waals surface area contributed by atoms with Gasteiger partial charge in [0.2, 0.25) is 0 Å². The zero-order valence-electron chi connectivity index (χ0n) is 13.8. The van der Waals surface area contributed by atoms with Crippen LogP contribution in [0.2, 0.25) is 5.02 Å². The van der Waals surface area contributed by atoms with E-state index in [1.807, 2.05) is 13.8 Å². The van der Waals surface area contributed by atoms with E-state index in [1.54, 1.807) is 6.92 Å². The van der Waals surface area contributed by atoms with Gasteiger partial charge in [-0.3, -0.25) is 9.59 Å². The summed E-state index contributed by atoms with van der Waals surface area (Å²) in [5, 5.41) is 9.12. The number of ether oxygens (including phenoxy) is 2. The summed E-state index contributed by atoms with van der Waals surface area (Å²) in [6.07, 6.45) is 0. The van der Waals surface area contributed by atoms with E-state index in [0.29, 0.717) is 24.0 Å². The van der Waals surface area contributed by atoms with Crippen molar-refractivity contribution in [3.63, 3.8) is 0 Å². The Morgan fingerprint density at radius 1 is 1.35 bits per heavy atom. The molecule has 0 spiro atoms. The molecule has 6 nitrogen and oxygen atoms in total. The van der Waals surface area contributed by atoms with Crippen LogP contribution in [0.4, 0.5) is 0 Å². The predicted octanol–water partition coefficient (Wildman–Crippen LogP) is 2.93. The third-order valence-corrected chi connectivity index (χ3v) is 3.31. The quantitative estimate of drug-likeness (QED) is 0.785. The lowest BCUT2D eigenvalue weighted by molar-refractivity contribution is -0.137. The average Bonchev–Trinajstić information content (AvgIpc) is 2.49. The molecule has 1 N–H and O–H groups in total. The summed E-state index contributed by atoms with van der Waals surface area (Å²) in [7, 11) is 1.46. The van der Waals surface area contributed by atoms with Gasteiger partial charge in [0, 0.05) is 12.1 Å². The molecule has 0 aromatic heterocycles. The molecule has 0 saturated heterocycles. The second kappa shape index (κ2) is 8.62. The molecular weight excluding hydrogens is 322 g/mol. The second-order valence-electron chi connectivity index (χ2n) is 5.41. The van der Waals surface area contributed by atoms with Crippen LogP contribution in [-0.4, -0.2) is 48.7 Å². The van der Waals surface area contributed by atoms with Crippen LogP contribution in [0, 0.1) is 5.92 Å². The first-order valence-electron chi connectivity index (χ1n) is 7.31. The minimum atomic E-state index is -1.07. The smallest absolute Gasteiger partial charge is 0.323 e. The van der Waals surface area contributed by atoms with Crippen LogP contribution in [0.5, 0.6) is 11.5 Å². The van der Waals surface area contributed by atoms with Gasteiger partial charge in [0.1, 0.15) is 6.54 Å². The SMILES string of the molecule is CCN(CC(=O)O)C(=O)c1cc(Cl)c(OCC(C)C)c(OC)c1. The normalized spacial score (nSPS) is 10.5. The molecule has 1 rings (SSSR count). The molecule has 0 radical (unpaired) electrons. The number of halogens is 1. The number of hydrogen-bond donors (Lipinski definition) is 1. The first-order valence-corrected chi connectivity index (χ1v) is 7.69. The molecule has 0 bridgehead atoms. The zero-order valence-corrected chi connectivity index (χ0v) is 14.5. The van der Waals surface area contributed by atoms with E-state index in [-0.39, 0.29) is 23.7 Å². The number of carbonyl (C=O) groups is 2. The number of amides is 1. The highest BCUT2D eigenvalue weighted by Gasteiger charge is 2.21. The highest BCUT2D eigenvalue weighted by atomic mass is 35.5. The Morgan fingerprint density at radius 2 is 2.00 bits per heavy atom. The van der Waals surface area contributed by atoms with E-state index in [4.69, 9.17) is 26.2 Å². The Morgan fingerprint density at radius 3 is 2.48 bits per heavy atom. The summed E-state index contributed by atoms with van der Waals surface area (Å²) in [4.78, 5) is 24.5. The Balaban J connectivity index is 3.11. The molecule has 0 saturated carbocycles. The number of carboxylic acid groups (broad SMARTS) is 1. The fourth-order valence-electron chi connectivity index (χ4n) is 1.91. The van der Waals surface area contributed by atoms with Gasteiger partial charge >= 0.3 is 5.97 Å². The van der Waals surface area contributed by atoms with Crippen molar-refractivity contribution in [1.29, 1.82) is 0 Å². The summed E-state index contributed by atoms with van der Waals surface area (Å²) in [6.45, 7) is 6.08. The van der Waals surface area contributed by atoms with Crippen molar-refractivity contribution >= 4 is 23.5 Å². The van der Waals surface area contributed by atoms with Gasteiger partial charge in [-0.1, -0.05) is 25.4 Å². The summed E-state index contributed by atoms with van der Waals surface area (Å²) < 4.78 is 10.9. The number of rotatable bonds is 8. The summed E-state index contributed by atoms with van der Waals surface area (Å²) in [6, 6.07) is 2.97. The third-order valence-electron chi connectivity index (χ3n) is 3.03. The number of nitrogens with zero attached hydrogens (tertiary/aromatic N) is 1. The third kappa shape index (κ3) is 5.32. The maximum atomic E-state index is 12.4. The molecule has 7 heteroatoms. The van der Waals surface area contributed by atoms with E-state index < -0.39 is 11.9 Å². The van der Waals surface area contributed by atoms with Gasteiger partial charge in [-0.25, -0.2) is 0 Å². The van der Waals surface area contributed by atoms with E-state index >= 15 is 0 Å². The average molecular weight is 344 g/mol. The van der Waals surface area contributed by atoms with Crippen LogP contribution in [0.1, 0.15) is 31.1 Å². The molecule has 1 amide bonds. The van der Waals surface area contributed by atoms with Gasteiger partial charge in [0.05, 0.1) is 18.7 Å². The van der Waals surface area contributed by atoms with Crippen molar-refractivity contribution in [1.82, 2.24) is 4.90 Å². The molecule has 0 fully saturated rings. The summed E-state index contributed by atoms with van der Waals surface area (Å²) in [5.74, 6) is -0.475. The summed E-state index contributed by atoms with van der Waals surface area (Å²) in [5.41, 5.74) is 0.256. The van der Waals surface area contributed by atoms with Gasteiger partial charge < -0.3 is 19.5 Å². The number of benzene rings is 1. The Labute approximate surface area is 140 Å².